The van der Waals surface area contributed by atoms with Crippen LogP contribution < -0.4 is 4.90 Å². The lowest BCUT2D eigenvalue weighted by atomic mass is 10.1. The number of benzene rings is 1. The fraction of sp³-hybridized carbons (Fsp3) is 0.333. The summed E-state index contributed by atoms with van der Waals surface area (Å²) in [7, 11) is 0. The molecule has 0 amide bonds. The van der Waals surface area contributed by atoms with Gasteiger partial charge in [0.15, 0.2) is 0 Å². The summed E-state index contributed by atoms with van der Waals surface area (Å²) in [5.74, 6) is 1.04. The van der Waals surface area contributed by atoms with E-state index in [4.69, 9.17) is 0 Å². The summed E-state index contributed by atoms with van der Waals surface area (Å²) in [6.07, 6.45) is 4.14. The van der Waals surface area contributed by atoms with E-state index in [-0.39, 0.29) is 0 Å². The summed E-state index contributed by atoms with van der Waals surface area (Å²) in [4.78, 5) is 13.9. The predicted octanol–water partition coefficient (Wildman–Crippen LogP) is 4.14. The van der Waals surface area contributed by atoms with E-state index in [0.717, 1.165) is 43.0 Å². The van der Waals surface area contributed by atoms with Crippen molar-refractivity contribution < 1.29 is 0 Å². The van der Waals surface area contributed by atoms with Crippen LogP contribution in [-0.4, -0.2) is 45.4 Å². The molecule has 1 unspecified atom stereocenters. The second-order valence-corrected chi connectivity index (χ2v) is 8.15. The number of imidazole rings is 1. The zero-order valence-electron chi connectivity index (χ0n) is 15.7. The molecule has 1 saturated heterocycles. The highest BCUT2D eigenvalue weighted by Crippen LogP contribution is 2.27. The van der Waals surface area contributed by atoms with Gasteiger partial charge in [-0.25, -0.2) is 9.97 Å². The number of nitrogens with zero attached hydrogens (tertiary/aromatic N) is 5. The number of anilines is 1. The molecule has 4 heterocycles. The number of piperazine rings is 1. The molecule has 4 aromatic rings. The lowest BCUT2D eigenvalue weighted by molar-refractivity contribution is 0.198. The van der Waals surface area contributed by atoms with Crippen molar-refractivity contribution in [1.29, 1.82) is 0 Å². The van der Waals surface area contributed by atoms with Crippen LogP contribution in [0.15, 0.2) is 48.2 Å². The van der Waals surface area contributed by atoms with Gasteiger partial charge in [-0.3, -0.25) is 4.90 Å². The van der Waals surface area contributed by atoms with Crippen molar-refractivity contribution in [3.63, 3.8) is 0 Å². The van der Waals surface area contributed by atoms with Crippen molar-refractivity contribution in [2.75, 3.05) is 31.1 Å². The number of pyridine rings is 1. The summed E-state index contributed by atoms with van der Waals surface area (Å²) >= 11 is 1.71. The monoisotopic (exact) mass is 377 g/mol. The fourth-order valence-electron chi connectivity index (χ4n) is 4.01. The molecule has 0 radical (unpaired) electrons. The van der Waals surface area contributed by atoms with Gasteiger partial charge >= 0.3 is 0 Å². The summed E-state index contributed by atoms with van der Waals surface area (Å²) in [5, 5.41) is 0. The molecule has 27 heavy (non-hydrogen) atoms. The van der Waals surface area contributed by atoms with Crippen LogP contribution in [-0.2, 0) is 0 Å². The Morgan fingerprint density at radius 3 is 2.74 bits per heavy atom. The molecular weight excluding hydrogens is 354 g/mol. The molecular formula is C21H23N5S. The third kappa shape index (κ3) is 2.99. The quantitative estimate of drug-likeness (QED) is 0.538. The van der Waals surface area contributed by atoms with Crippen LogP contribution in [0.5, 0.6) is 0 Å². The van der Waals surface area contributed by atoms with Gasteiger partial charge in [0.05, 0.1) is 33.1 Å². The number of hydrogen-bond acceptors (Lipinski definition) is 5. The van der Waals surface area contributed by atoms with Crippen LogP contribution in [0.2, 0.25) is 0 Å². The van der Waals surface area contributed by atoms with Crippen molar-refractivity contribution >= 4 is 32.8 Å². The van der Waals surface area contributed by atoms with Gasteiger partial charge in [-0.1, -0.05) is 6.07 Å². The van der Waals surface area contributed by atoms with Crippen LogP contribution in [0.4, 0.5) is 5.69 Å². The summed E-state index contributed by atoms with van der Waals surface area (Å²) in [5.41, 5.74) is 6.83. The summed E-state index contributed by atoms with van der Waals surface area (Å²) in [6.45, 7) is 8.58. The van der Waals surface area contributed by atoms with E-state index in [2.05, 4.69) is 74.5 Å². The molecule has 0 bridgehead atoms. The van der Waals surface area contributed by atoms with Crippen molar-refractivity contribution in [2.45, 2.75) is 19.9 Å². The van der Waals surface area contributed by atoms with E-state index < -0.39 is 0 Å². The molecule has 5 nitrogen and oxygen atoms in total. The largest absolute Gasteiger partial charge is 0.368 e. The fourth-order valence-corrected chi connectivity index (χ4v) is 4.67. The standard InChI is InChI=1S/C21H23N5S/c1-15(17-3-6-21-20(11-17)23-14-27-21)24-7-9-25(10-8-24)19-5-4-18-12-22-16(2)26(18)13-19/h3-6,11-15H,7-10H2,1-2H3. The molecule has 138 valence electrons. The minimum Gasteiger partial charge on any atom is -0.368 e. The first kappa shape index (κ1) is 16.7. The average molecular weight is 378 g/mol. The highest BCUT2D eigenvalue weighted by Gasteiger charge is 2.23. The minimum atomic E-state index is 0.414. The Hall–Kier alpha value is -2.44. The lowest BCUT2D eigenvalue weighted by Gasteiger charge is -2.39. The zero-order valence-corrected chi connectivity index (χ0v) is 16.5. The Labute approximate surface area is 162 Å². The maximum Gasteiger partial charge on any atom is 0.110 e. The number of aromatic nitrogens is 3. The molecule has 1 aromatic carbocycles. The van der Waals surface area contributed by atoms with Gasteiger partial charge in [-0.05, 0) is 43.7 Å². The van der Waals surface area contributed by atoms with E-state index >= 15 is 0 Å². The van der Waals surface area contributed by atoms with E-state index in [1.54, 1.807) is 11.3 Å². The average Bonchev–Trinajstić information content (AvgIpc) is 3.33. The SMILES string of the molecule is Cc1ncc2ccc(N3CCN(C(C)c4ccc5scnc5c4)CC3)cn12. The third-order valence-corrected chi connectivity index (χ3v) is 6.57. The molecule has 3 aromatic heterocycles. The topological polar surface area (TPSA) is 36.7 Å². The van der Waals surface area contributed by atoms with Crippen LogP contribution in [0.25, 0.3) is 15.7 Å². The normalized spacial score (nSPS) is 17.0. The number of thiazole rings is 1. The van der Waals surface area contributed by atoms with Crippen molar-refractivity contribution in [1.82, 2.24) is 19.3 Å². The molecule has 1 atom stereocenters. The van der Waals surface area contributed by atoms with Crippen molar-refractivity contribution in [3.8, 4) is 0 Å². The Morgan fingerprint density at radius 2 is 1.89 bits per heavy atom. The molecule has 1 aliphatic rings. The van der Waals surface area contributed by atoms with Crippen molar-refractivity contribution in [2.24, 2.45) is 0 Å². The van der Waals surface area contributed by atoms with Gasteiger partial charge in [0.1, 0.15) is 5.82 Å². The number of aryl methyl sites for hydroxylation is 1. The van der Waals surface area contributed by atoms with Gasteiger partial charge in [-0.2, -0.15) is 0 Å². The smallest absolute Gasteiger partial charge is 0.110 e. The first-order valence-corrected chi connectivity index (χ1v) is 10.3. The summed E-state index contributed by atoms with van der Waals surface area (Å²) < 4.78 is 3.44. The van der Waals surface area contributed by atoms with Crippen LogP contribution >= 0.6 is 11.3 Å². The molecule has 1 fully saturated rings. The number of rotatable bonds is 3. The van der Waals surface area contributed by atoms with Crippen LogP contribution in [0, 0.1) is 6.92 Å². The maximum absolute atomic E-state index is 4.47. The number of hydrogen-bond donors (Lipinski definition) is 0. The number of fused-ring (bicyclic) bond motifs is 2. The van der Waals surface area contributed by atoms with E-state index in [0.29, 0.717) is 6.04 Å². The second kappa shape index (κ2) is 6.62. The Kier molecular flexibility index (Phi) is 4.10. The van der Waals surface area contributed by atoms with Crippen LogP contribution in [0.1, 0.15) is 24.4 Å². The first-order chi connectivity index (χ1) is 13.2. The van der Waals surface area contributed by atoms with Gasteiger partial charge in [0.2, 0.25) is 0 Å². The Balaban J connectivity index is 1.30. The molecule has 6 heteroatoms. The van der Waals surface area contributed by atoms with Crippen molar-refractivity contribution in [3.05, 3.63) is 59.6 Å². The Morgan fingerprint density at radius 1 is 1.04 bits per heavy atom. The molecule has 0 saturated carbocycles. The molecule has 0 N–H and O–H groups in total. The maximum atomic E-state index is 4.47. The first-order valence-electron chi connectivity index (χ1n) is 9.45. The van der Waals surface area contributed by atoms with Gasteiger partial charge in [-0.15, -0.1) is 11.3 Å². The Bertz CT molecular complexity index is 1090. The van der Waals surface area contributed by atoms with Gasteiger partial charge < -0.3 is 9.30 Å². The second-order valence-electron chi connectivity index (χ2n) is 7.27. The minimum absolute atomic E-state index is 0.414. The van der Waals surface area contributed by atoms with Gasteiger partial charge in [0, 0.05) is 38.4 Å². The molecule has 1 aliphatic heterocycles. The summed E-state index contributed by atoms with van der Waals surface area (Å²) in [6, 6.07) is 11.5. The lowest BCUT2D eigenvalue weighted by Crippen LogP contribution is -2.47. The molecule has 0 aliphatic carbocycles. The highest BCUT2D eigenvalue weighted by molar-refractivity contribution is 7.16. The van der Waals surface area contributed by atoms with Gasteiger partial charge in [0.25, 0.3) is 0 Å². The highest BCUT2D eigenvalue weighted by atomic mass is 32.1. The molecule has 5 rings (SSSR count). The van der Waals surface area contributed by atoms with E-state index in [1.807, 2.05) is 11.7 Å². The molecule has 0 spiro atoms. The zero-order chi connectivity index (χ0) is 18.4. The third-order valence-electron chi connectivity index (χ3n) is 5.76. The predicted molar refractivity (Wildman–Crippen MR) is 112 cm³/mol. The van der Waals surface area contributed by atoms with E-state index in [9.17, 15) is 0 Å². The van der Waals surface area contributed by atoms with E-state index in [1.165, 1.54) is 16.0 Å². The van der Waals surface area contributed by atoms with Crippen LogP contribution in [0.3, 0.4) is 0 Å².